The second-order valence-electron chi connectivity index (χ2n) is 9.74. The van der Waals surface area contributed by atoms with Crippen molar-refractivity contribution in [2.24, 2.45) is 11.7 Å². The first-order chi connectivity index (χ1) is 19.2. The van der Waals surface area contributed by atoms with E-state index in [0.717, 1.165) is 19.6 Å². The first kappa shape index (κ1) is 28.9. The van der Waals surface area contributed by atoms with Crippen molar-refractivity contribution >= 4 is 29.4 Å². The summed E-state index contributed by atoms with van der Waals surface area (Å²) in [5.74, 6) is 2.07. The van der Waals surface area contributed by atoms with Crippen LogP contribution in [0.1, 0.15) is 42.5 Å². The van der Waals surface area contributed by atoms with Gasteiger partial charge in [-0.15, -0.1) is 0 Å². The molecule has 1 aliphatic heterocycles. The third kappa shape index (κ3) is 9.88. The predicted octanol–water partition coefficient (Wildman–Crippen LogP) is 2.17. The Hall–Kier alpha value is -3.06. The molecule has 1 aromatic heterocycles. The molecule has 1 aliphatic carbocycles. The average Bonchev–Trinajstić information content (AvgIpc) is 2.98. The molecule has 0 spiro atoms. The Kier molecular flexibility index (Phi) is 12.0. The standard InChI is InChI=1S/C27H42N8O4/c28-9-13-37-17-18-38-14-10-29-24(36)22-7-4-8-23(19-22)31-26-32-25(30-20-21-5-2-1-3-6-21)33-27(34-26)35-11-15-39-16-12-35/h4,7-8,19,21H,1-3,5-6,9-18,20,28H2,(H,29,36)(H2,30,31,32,33,34). The molecule has 0 atom stereocenters. The minimum Gasteiger partial charge on any atom is -0.378 e. The lowest BCUT2D eigenvalue weighted by atomic mass is 9.89. The van der Waals surface area contributed by atoms with Crippen LogP contribution in [0.15, 0.2) is 24.3 Å². The molecular formula is C27H42N8O4. The molecule has 2 heterocycles. The van der Waals surface area contributed by atoms with Gasteiger partial charge >= 0.3 is 0 Å². The topological polar surface area (TPSA) is 149 Å². The number of hydrogen-bond donors (Lipinski definition) is 4. The number of morpholine rings is 1. The summed E-state index contributed by atoms with van der Waals surface area (Å²) in [6.45, 7) is 6.36. The van der Waals surface area contributed by atoms with Crippen LogP contribution in [0, 0.1) is 5.92 Å². The van der Waals surface area contributed by atoms with E-state index < -0.39 is 0 Å². The van der Waals surface area contributed by atoms with Crippen molar-refractivity contribution in [3.8, 4) is 0 Å². The Balaban J connectivity index is 1.35. The van der Waals surface area contributed by atoms with Crippen molar-refractivity contribution in [1.29, 1.82) is 0 Å². The summed E-state index contributed by atoms with van der Waals surface area (Å²) >= 11 is 0. The number of hydrogen-bond acceptors (Lipinski definition) is 11. The largest absolute Gasteiger partial charge is 0.378 e. The van der Waals surface area contributed by atoms with Gasteiger partial charge in [-0.2, -0.15) is 15.0 Å². The molecule has 1 amide bonds. The minimum absolute atomic E-state index is 0.180. The highest BCUT2D eigenvalue weighted by Crippen LogP contribution is 2.24. The van der Waals surface area contributed by atoms with E-state index in [0.29, 0.717) is 87.7 Å². The molecule has 12 nitrogen and oxygen atoms in total. The third-order valence-electron chi connectivity index (χ3n) is 6.74. The number of ether oxygens (including phenoxy) is 3. The fraction of sp³-hybridized carbons (Fsp3) is 0.630. The van der Waals surface area contributed by atoms with Gasteiger partial charge in [0.2, 0.25) is 17.8 Å². The van der Waals surface area contributed by atoms with E-state index in [9.17, 15) is 4.79 Å². The van der Waals surface area contributed by atoms with Gasteiger partial charge in [0.25, 0.3) is 5.91 Å². The smallest absolute Gasteiger partial charge is 0.251 e. The first-order valence-electron chi connectivity index (χ1n) is 14.0. The van der Waals surface area contributed by atoms with Gasteiger partial charge in [-0.25, -0.2) is 0 Å². The molecule has 1 saturated carbocycles. The molecule has 12 heteroatoms. The van der Waals surface area contributed by atoms with Crippen molar-refractivity contribution in [1.82, 2.24) is 20.3 Å². The zero-order chi connectivity index (χ0) is 27.1. The molecule has 2 fully saturated rings. The van der Waals surface area contributed by atoms with Crippen LogP contribution in [-0.4, -0.2) is 93.2 Å². The number of aromatic nitrogens is 3. The van der Waals surface area contributed by atoms with Crippen LogP contribution >= 0.6 is 0 Å². The summed E-state index contributed by atoms with van der Waals surface area (Å²) in [7, 11) is 0. The van der Waals surface area contributed by atoms with Crippen molar-refractivity contribution in [2.75, 3.05) is 87.9 Å². The monoisotopic (exact) mass is 542 g/mol. The van der Waals surface area contributed by atoms with Crippen LogP contribution in [0.3, 0.4) is 0 Å². The van der Waals surface area contributed by atoms with Gasteiger partial charge < -0.3 is 40.8 Å². The maximum Gasteiger partial charge on any atom is 0.251 e. The van der Waals surface area contributed by atoms with Gasteiger partial charge in [-0.05, 0) is 37.0 Å². The maximum atomic E-state index is 12.7. The van der Waals surface area contributed by atoms with Gasteiger partial charge in [-0.1, -0.05) is 25.3 Å². The number of anilines is 4. The number of nitrogens with one attached hydrogen (secondary N) is 3. The summed E-state index contributed by atoms with van der Waals surface area (Å²) in [5, 5.41) is 9.60. The molecule has 1 saturated heterocycles. The molecule has 5 N–H and O–H groups in total. The zero-order valence-electron chi connectivity index (χ0n) is 22.7. The molecule has 0 radical (unpaired) electrons. The molecule has 4 rings (SSSR count). The summed E-state index contributed by atoms with van der Waals surface area (Å²) in [4.78, 5) is 28.8. The van der Waals surface area contributed by atoms with Crippen molar-refractivity contribution in [3.05, 3.63) is 29.8 Å². The van der Waals surface area contributed by atoms with E-state index in [1.165, 1.54) is 32.1 Å². The van der Waals surface area contributed by atoms with E-state index in [4.69, 9.17) is 24.9 Å². The van der Waals surface area contributed by atoms with Crippen LogP contribution in [0.25, 0.3) is 0 Å². The van der Waals surface area contributed by atoms with Gasteiger partial charge in [0.05, 0.1) is 39.6 Å². The van der Waals surface area contributed by atoms with E-state index in [1.807, 2.05) is 12.1 Å². The average molecular weight is 543 g/mol. The van der Waals surface area contributed by atoms with Crippen molar-refractivity contribution < 1.29 is 19.0 Å². The Morgan fingerprint density at radius 2 is 1.77 bits per heavy atom. The molecule has 1 aromatic carbocycles. The van der Waals surface area contributed by atoms with Crippen LogP contribution in [0.2, 0.25) is 0 Å². The Morgan fingerprint density at radius 3 is 2.56 bits per heavy atom. The van der Waals surface area contributed by atoms with Crippen molar-refractivity contribution in [2.45, 2.75) is 32.1 Å². The minimum atomic E-state index is -0.180. The second kappa shape index (κ2) is 16.1. The molecule has 0 unspecified atom stereocenters. The molecule has 2 aliphatic rings. The van der Waals surface area contributed by atoms with Gasteiger partial charge in [0.15, 0.2) is 0 Å². The first-order valence-corrected chi connectivity index (χ1v) is 14.0. The van der Waals surface area contributed by atoms with E-state index in [-0.39, 0.29) is 5.91 Å². The SMILES string of the molecule is NCCOCCOCCNC(=O)c1cccc(Nc2nc(NCC3CCCCC3)nc(N3CCOCC3)n2)c1. The normalized spacial score (nSPS) is 16.2. The molecular weight excluding hydrogens is 500 g/mol. The number of amides is 1. The highest BCUT2D eigenvalue weighted by molar-refractivity contribution is 5.95. The van der Waals surface area contributed by atoms with E-state index >= 15 is 0 Å². The molecule has 2 aromatic rings. The summed E-state index contributed by atoms with van der Waals surface area (Å²) in [5.41, 5.74) is 6.63. The lowest BCUT2D eigenvalue weighted by Gasteiger charge is -2.27. The Bertz CT molecular complexity index is 1020. The molecule has 0 bridgehead atoms. The molecule has 214 valence electrons. The predicted molar refractivity (Wildman–Crippen MR) is 151 cm³/mol. The lowest BCUT2D eigenvalue weighted by molar-refractivity contribution is 0.0511. The highest BCUT2D eigenvalue weighted by atomic mass is 16.5. The van der Waals surface area contributed by atoms with Gasteiger partial charge in [0.1, 0.15) is 0 Å². The number of nitrogens with zero attached hydrogens (tertiary/aromatic N) is 4. The third-order valence-corrected chi connectivity index (χ3v) is 6.74. The van der Waals surface area contributed by atoms with Crippen LogP contribution in [0.5, 0.6) is 0 Å². The quantitative estimate of drug-likeness (QED) is 0.245. The van der Waals surface area contributed by atoms with Crippen LogP contribution in [0.4, 0.5) is 23.5 Å². The number of benzene rings is 1. The second-order valence-corrected chi connectivity index (χ2v) is 9.74. The highest BCUT2D eigenvalue weighted by Gasteiger charge is 2.18. The number of carbonyl (C=O) groups is 1. The Labute approximate surface area is 230 Å². The van der Waals surface area contributed by atoms with Crippen LogP contribution < -0.4 is 26.6 Å². The fourth-order valence-electron chi connectivity index (χ4n) is 4.64. The lowest BCUT2D eigenvalue weighted by Crippen LogP contribution is -2.37. The van der Waals surface area contributed by atoms with E-state index in [1.54, 1.807) is 12.1 Å². The summed E-state index contributed by atoms with van der Waals surface area (Å²) < 4.78 is 16.2. The number of rotatable bonds is 15. The van der Waals surface area contributed by atoms with Gasteiger partial charge in [0, 0.05) is 44.0 Å². The Morgan fingerprint density at radius 1 is 1.00 bits per heavy atom. The van der Waals surface area contributed by atoms with Crippen molar-refractivity contribution in [3.63, 3.8) is 0 Å². The molecule has 39 heavy (non-hydrogen) atoms. The summed E-state index contributed by atoms with van der Waals surface area (Å²) in [6.07, 6.45) is 6.38. The fourth-order valence-corrected chi connectivity index (χ4v) is 4.64. The van der Waals surface area contributed by atoms with Crippen LogP contribution in [-0.2, 0) is 14.2 Å². The zero-order valence-corrected chi connectivity index (χ0v) is 22.7. The number of carbonyl (C=O) groups excluding carboxylic acids is 1. The van der Waals surface area contributed by atoms with E-state index in [2.05, 4.69) is 30.8 Å². The maximum absolute atomic E-state index is 12.7. The van der Waals surface area contributed by atoms with Gasteiger partial charge in [-0.3, -0.25) is 4.79 Å². The summed E-state index contributed by atoms with van der Waals surface area (Å²) in [6, 6.07) is 7.26. The number of nitrogens with two attached hydrogens (primary N) is 1.